The van der Waals surface area contributed by atoms with Crippen molar-refractivity contribution in [3.63, 3.8) is 0 Å². The van der Waals surface area contributed by atoms with Gasteiger partial charge in [-0.25, -0.2) is 4.98 Å². The molecule has 1 heterocycles. The molecule has 3 nitrogen and oxygen atoms in total. The van der Waals surface area contributed by atoms with E-state index < -0.39 is 0 Å². The summed E-state index contributed by atoms with van der Waals surface area (Å²) in [7, 11) is 1.89. The van der Waals surface area contributed by atoms with Gasteiger partial charge in [0, 0.05) is 19.4 Å². The Kier molecular flexibility index (Phi) is 1.94. The van der Waals surface area contributed by atoms with Gasteiger partial charge in [-0.15, -0.1) is 0 Å². The maximum Gasteiger partial charge on any atom is 0.147 e. The standard InChI is InChI=1S/C9H13N3/c1-10-9-8(6-7-2-3-7)11-4-5-12-9/h4-5,7H,2-3,6H2,1H3,(H,10,12). The second kappa shape index (κ2) is 3.09. The van der Waals surface area contributed by atoms with Gasteiger partial charge in [-0.1, -0.05) is 0 Å². The molecule has 3 heteroatoms. The molecule has 1 aliphatic carbocycles. The molecule has 2 rings (SSSR count). The minimum atomic E-state index is 0.869. The Bertz CT molecular complexity index is 268. The first-order valence-corrected chi connectivity index (χ1v) is 4.38. The van der Waals surface area contributed by atoms with Gasteiger partial charge >= 0.3 is 0 Å². The summed E-state index contributed by atoms with van der Waals surface area (Å²) in [4.78, 5) is 8.51. The summed E-state index contributed by atoms with van der Waals surface area (Å²) in [6, 6.07) is 0. The van der Waals surface area contributed by atoms with Gasteiger partial charge in [0.05, 0.1) is 5.69 Å². The Labute approximate surface area is 72.2 Å². The zero-order chi connectivity index (χ0) is 8.39. The van der Waals surface area contributed by atoms with Crippen LogP contribution in [0, 0.1) is 5.92 Å². The van der Waals surface area contributed by atoms with E-state index in [0.29, 0.717) is 0 Å². The third kappa shape index (κ3) is 1.55. The molecule has 0 atom stereocenters. The molecule has 0 amide bonds. The summed E-state index contributed by atoms with van der Waals surface area (Å²) < 4.78 is 0. The fraction of sp³-hybridized carbons (Fsp3) is 0.556. The van der Waals surface area contributed by atoms with Crippen LogP contribution in [0.2, 0.25) is 0 Å². The number of nitrogens with zero attached hydrogens (tertiary/aromatic N) is 2. The molecule has 0 aliphatic heterocycles. The first-order valence-electron chi connectivity index (χ1n) is 4.38. The van der Waals surface area contributed by atoms with Crippen molar-refractivity contribution in [2.75, 3.05) is 12.4 Å². The summed E-state index contributed by atoms with van der Waals surface area (Å²) in [5.41, 5.74) is 1.11. The lowest BCUT2D eigenvalue weighted by molar-refractivity contribution is 0.799. The Morgan fingerprint density at radius 1 is 1.42 bits per heavy atom. The van der Waals surface area contributed by atoms with Crippen LogP contribution >= 0.6 is 0 Å². The molecule has 1 aromatic heterocycles. The maximum atomic E-state index is 4.30. The van der Waals surface area contributed by atoms with Gasteiger partial charge in [0.2, 0.25) is 0 Å². The fourth-order valence-electron chi connectivity index (χ4n) is 1.32. The minimum Gasteiger partial charge on any atom is -0.372 e. The lowest BCUT2D eigenvalue weighted by Crippen LogP contribution is -2.01. The SMILES string of the molecule is CNc1nccnc1CC1CC1. The molecular formula is C9H13N3. The van der Waals surface area contributed by atoms with Crippen molar-refractivity contribution in [3.05, 3.63) is 18.1 Å². The van der Waals surface area contributed by atoms with Gasteiger partial charge in [0.1, 0.15) is 5.82 Å². The summed E-state index contributed by atoms with van der Waals surface area (Å²) in [6.07, 6.45) is 7.30. The molecule has 0 bridgehead atoms. The molecule has 1 saturated carbocycles. The van der Waals surface area contributed by atoms with E-state index in [1.807, 2.05) is 7.05 Å². The van der Waals surface area contributed by atoms with Crippen LogP contribution in [0.5, 0.6) is 0 Å². The van der Waals surface area contributed by atoms with Crippen molar-refractivity contribution < 1.29 is 0 Å². The fourth-order valence-corrected chi connectivity index (χ4v) is 1.32. The normalized spacial score (nSPS) is 16.1. The van der Waals surface area contributed by atoms with E-state index in [1.165, 1.54) is 12.8 Å². The highest BCUT2D eigenvalue weighted by Gasteiger charge is 2.23. The molecule has 0 spiro atoms. The molecule has 0 radical (unpaired) electrons. The number of nitrogens with one attached hydrogen (secondary N) is 1. The van der Waals surface area contributed by atoms with E-state index in [1.54, 1.807) is 12.4 Å². The van der Waals surface area contributed by atoms with Crippen LogP contribution in [0.3, 0.4) is 0 Å². The first-order chi connectivity index (χ1) is 5.90. The van der Waals surface area contributed by atoms with Crippen LogP contribution in [-0.2, 0) is 6.42 Å². The van der Waals surface area contributed by atoms with Crippen molar-refractivity contribution >= 4 is 5.82 Å². The van der Waals surface area contributed by atoms with E-state index >= 15 is 0 Å². The number of hydrogen-bond donors (Lipinski definition) is 1. The molecule has 0 saturated heterocycles. The van der Waals surface area contributed by atoms with Crippen molar-refractivity contribution in [3.8, 4) is 0 Å². The van der Waals surface area contributed by atoms with Crippen LogP contribution < -0.4 is 5.32 Å². The number of hydrogen-bond acceptors (Lipinski definition) is 3. The molecule has 64 valence electrons. The highest BCUT2D eigenvalue weighted by atomic mass is 15.0. The largest absolute Gasteiger partial charge is 0.372 e. The quantitative estimate of drug-likeness (QED) is 0.733. The average molecular weight is 163 g/mol. The van der Waals surface area contributed by atoms with Crippen LogP contribution in [-0.4, -0.2) is 17.0 Å². The zero-order valence-electron chi connectivity index (χ0n) is 7.25. The predicted molar refractivity (Wildman–Crippen MR) is 48.0 cm³/mol. The minimum absolute atomic E-state index is 0.869. The third-order valence-electron chi connectivity index (χ3n) is 2.19. The van der Waals surface area contributed by atoms with Gasteiger partial charge in [-0.2, -0.15) is 0 Å². The summed E-state index contributed by atoms with van der Waals surface area (Å²) in [6.45, 7) is 0. The van der Waals surface area contributed by atoms with Crippen LogP contribution in [0.4, 0.5) is 5.82 Å². The molecule has 0 aromatic carbocycles. The Morgan fingerprint density at radius 2 is 2.17 bits per heavy atom. The molecule has 1 N–H and O–H groups in total. The Hall–Kier alpha value is -1.12. The molecule has 1 aromatic rings. The lowest BCUT2D eigenvalue weighted by atomic mass is 10.2. The molecule has 1 fully saturated rings. The van der Waals surface area contributed by atoms with Crippen LogP contribution in [0.25, 0.3) is 0 Å². The van der Waals surface area contributed by atoms with Gasteiger partial charge in [-0.05, 0) is 25.2 Å². The third-order valence-corrected chi connectivity index (χ3v) is 2.19. The zero-order valence-corrected chi connectivity index (χ0v) is 7.25. The van der Waals surface area contributed by atoms with E-state index in [2.05, 4.69) is 15.3 Å². The highest BCUT2D eigenvalue weighted by molar-refractivity contribution is 5.38. The number of aromatic nitrogens is 2. The van der Waals surface area contributed by atoms with Gasteiger partial charge in [-0.3, -0.25) is 4.98 Å². The number of anilines is 1. The molecule has 12 heavy (non-hydrogen) atoms. The number of rotatable bonds is 3. The van der Waals surface area contributed by atoms with E-state index in [0.717, 1.165) is 23.9 Å². The van der Waals surface area contributed by atoms with E-state index in [-0.39, 0.29) is 0 Å². The first kappa shape index (κ1) is 7.53. The topological polar surface area (TPSA) is 37.8 Å². The van der Waals surface area contributed by atoms with Crippen molar-refractivity contribution in [1.29, 1.82) is 0 Å². The van der Waals surface area contributed by atoms with Gasteiger partial charge in [0.15, 0.2) is 0 Å². The highest BCUT2D eigenvalue weighted by Crippen LogP contribution is 2.33. The van der Waals surface area contributed by atoms with Crippen molar-refractivity contribution in [2.45, 2.75) is 19.3 Å². The van der Waals surface area contributed by atoms with E-state index in [9.17, 15) is 0 Å². The monoisotopic (exact) mass is 163 g/mol. The van der Waals surface area contributed by atoms with Gasteiger partial charge < -0.3 is 5.32 Å². The van der Waals surface area contributed by atoms with Crippen molar-refractivity contribution in [1.82, 2.24) is 9.97 Å². The maximum absolute atomic E-state index is 4.30. The summed E-state index contributed by atoms with van der Waals surface area (Å²) >= 11 is 0. The molecule has 0 unspecified atom stereocenters. The predicted octanol–water partition coefficient (Wildman–Crippen LogP) is 1.47. The Balaban J connectivity index is 2.15. The average Bonchev–Trinajstić information content (AvgIpc) is 2.89. The summed E-state index contributed by atoms with van der Waals surface area (Å²) in [5, 5.41) is 3.06. The summed E-state index contributed by atoms with van der Waals surface area (Å²) in [5.74, 6) is 1.80. The Morgan fingerprint density at radius 3 is 2.83 bits per heavy atom. The molecule has 1 aliphatic rings. The second-order valence-corrected chi connectivity index (χ2v) is 3.25. The van der Waals surface area contributed by atoms with Gasteiger partial charge in [0.25, 0.3) is 0 Å². The smallest absolute Gasteiger partial charge is 0.147 e. The lowest BCUT2D eigenvalue weighted by Gasteiger charge is -2.04. The van der Waals surface area contributed by atoms with Crippen molar-refractivity contribution in [2.24, 2.45) is 5.92 Å². The second-order valence-electron chi connectivity index (χ2n) is 3.25. The van der Waals surface area contributed by atoms with Crippen LogP contribution in [0.15, 0.2) is 12.4 Å². The van der Waals surface area contributed by atoms with Crippen LogP contribution in [0.1, 0.15) is 18.5 Å². The molecular weight excluding hydrogens is 150 g/mol. The van der Waals surface area contributed by atoms with E-state index in [4.69, 9.17) is 0 Å².